The van der Waals surface area contributed by atoms with Gasteiger partial charge in [-0.2, -0.15) is 5.26 Å². The molecule has 0 saturated heterocycles. The first-order valence-corrected chi connectivity index (χ1v) is 5.83. The lowest BCUT2D eigenvalue weighted by Gasteiger charge is -2.11. The Morgan fingerprint density at radius 3 is 2.58 bits per heavy atom. The van der Waals surface area contributed by atoms with Gasteiger partial charge < -0.3 is 15.2 Å². The van der Waals surface area contributed by atoms with Crippen molar-refractivity contribution in [2.75, 3.05) is 12.8 Å². The highest BCUT2D eigenvalue weighted by Crippen LogP contribution is 2.36. The average Bonchev–Trinajstić information content (AvgIpc) is 2.42. The normalized spacial score (nSPS) is 9.74. The van der Waals surface area contributed by atoms with Crippen LogP contribution in [-0.2, 0) is 0 Å². The van der Waals surface area contributed by atoms with Crippen LogP contribution in [0, 0.1) is 11.3 Å². The van der Waals surface area contributed by atoms with E-state index in [1.165, 1.54) is 7.11 Å². The van der Waals surface area contributed by atoms with Gasteiger partial charge >= 0.3 is 0 Å². The Bertz CT molecular complexity index is 630. The quantitative estimate of drug-likeness (QED) is 0.869. The molecule has 0 aliphatic carbocycles. The molecular formula is C14H11ClN2O2. The van der Waals surface area contributed by atoms with Crippen molar-refractivity contribution in [1.82, 2.24) is 0 Å². The second-order valence-electron chi connectivity index (χ2n) is 3.77. The maximum Gasteiger partial charge on any atom is 0.168 e. The number of anilines is 1. The van der Waals surface area contributed by atoms with Crippen molar-refractivity contribution in [3.05, 3.63) is 47.0 Å². The highest BCUT2D eigenvalue weighted by atomic mass is 35.5. The number of para-hydroxylation sites is 1. The van der Waals surface area contributed by atoms with Crippen LogP contribution in [0.5, 0.6) is 17.2 Å². The van der Waals surface area contributed by atoms with Crippen molar-refractivity contribution in [3.63, 3.8) is 0 Å². The summed E-state index contributed by atoms with van der Waals surface area (Å²) in [4.78, 5) is 0. The van der Waals surface area contributed by atoms with Crippen molar-refractivity contribution in [2.45, 2.75) is 0 Å². The van der Waals surface area contributed by atoms with E-state index < -0.39 is 0 Å². The van der Waals surface area contributed by atoms with Crippen LogP contribution in [0.15, 0.2) is 36.4 Å². The molecule has 0 aliphatic rings. The molecule has 0 atom stereocenters. The van der Waals surface area contributed by atoms with Crippen LogP contribution in [0.2, 0.25) is 5.02 Å². The van der Waals surface area contributed by atoms with Gasteiger partial charge in [-0.25, -0.2) is 0 Å². The maximum atomic E-state index is 8.95. The Morgan fingerprint density at radius 1 is 1.21 bits per heavy atom. The van der Waals surface area contributed by atoms with Gasteiger partial charge in [-0.15, -0.1) is 0 Å². The van der Waals surface area contributed by atoms with Crippen molar-refractivity contribution >= 4 is 17.3 Å². The van der Waals surface area contributed by atoms with Crippen molar-refractivity contribution in [2.24, 2.45) is 0 Å². The van der Waals surface area contributed by atoms with E-state index in [-0.39, 0.29) is 0 Å². The molecule has 2 rings (SSSR count). The Labute approximate surface area is 115 Å². The zero-order valence-electron chi connectivity index (χ0n) is 10.2. The van der Waals surface area contributed by atoms with Crippen molar-refractivity contribution in [3.8, 4) is 23.3 Å². The third-order valence-electron chi connectivity index (χ3n) is 2.46. The average molecular weight is 275 g/mol. The molecule has 19 heavy (non-hydrogen) atoms. The highest BCUT2D eigenvalue weighted by molar-refractivity contribution is 6.32. The molecule has 4 nitrogen and oxygen atoms in total. The van der Waals surface area contributed by atoms with Gasteiger partial charge in [0.05, 0.1) is 29.5 Å². The van der Waals surface area contributed by atoms with Gasteiger partial charge in [-0.1, -0.05) is 17.7 Å². The first kappa shape index (κ1) is 13.1. The summed E-state index contributed by atoms with van der Waals surface area (Å²) in [6, 6.07) is 12.0. The molecule has 5 heteroatoms. The molecule has 0 aliphatic heterocycles. The molecule has 2 aromatic rings. The van der Waals surface area contributed by atoms with E-state index in [9.17, 15) is 0 Å². The minimum absolute atomic E-state index is 0.362. The number of benzene rings is 2. The van der Waals surface area contributed by atoms with Crippen LogP contribution < -0.4 is 15.2 Å². The summed E-state index contributed by atoms with van der Waals surface area (Å²) in [7, 11) is 1.52. The Kier molecular flexibility index (Phi) is 3.79. The molecule has 0 heterocycles. The minimum atomic E-state index is 0.362. The van der Waals surface area contributed by atoms with Crippen LogP contribution in [0.25, 0.3) is 0 Å². The molecule has 0 radical (unpaired) electrons. The van der Waals surface area contributed by atoms with Crippen LogP contribution in [0.4, 0.5) is 5.69 Å². The summed E-state index contributed by atoms with van der Waals surface area (Å²) in [5.41, 5.74) is 6.66. The summed E-state index contributed by atoms with van der Waals surface area (Å²) in [6.07, 6.45) is 0. The molecule has 96 valence electrons. The molecular weight excluding hydrogens is 264 g/mol. The number of nitrogens with two attached hydrogens (primary N) is 1. The van der Waals surface area contributed by atoms with Gasteiger partial charge in [-0.05, 0) is 24.3 Å². The van der Waals surface area contributed by atoms with E-state index in [1.54, 1.807) is 36.4 Å². The first-order chi connectivity index (χ1) is 9.13. The standard InChI is InChI=1S/C14H11ClN2O2/c1-18-10-5-9(8-16)6-11(7-10)19-14-12(15)3-2-4-13(14)17/h2-7H,17H2,1H3. The van der Waals surface area contributed by atoms with E-state index in [4.69, 9.17) is 32.1 Å². The number of nitrogens with zero attached hydrogens (tertiary/aromatic N) is 1. The summed E-state index contributed by atoms with van der Waals surface area (Å²) < 4.78 is 10.7. The summed E-state index contributed by atoms with van der Waals surface area (Å²) in [5.74, 6) is 1.33. The first-order valence-electron chi connectivity index (χ1n) is 5.45. The lowest BCUT2D eigenvalue weighted by molar-refractivity contribution is 0.409. The van der Waals surface area contributed by atoms with Gasteiger partial charge in [0.25, 0.3) is 0 Å². The molecule has 0 spiro atoms. The van der Waals surface area contributed by atoms with E-state index in [1.807, 2.05) is 6.07 Å². The molecule has 0 aromatic heterocycles. The maximum absolute atomic E-state index is 8.95. The second-order valence-corrected chi connectivity index (χ2v) is 4.18. The number of methoxy groups -OCH3 is 1. The van der Waals surface area contributed by atoms with E-state index in [2.05, 4.69) is 0 Å². The lowest BCUT2D eigenvalue weighted by atomic mass is 10.2. The predicted octanol–water partition coefficient (Wildman–Crippen LogP) is 3.59. The number of hydrogen-bond donors (Lipinski definition) is 1. The van der Waals surface area contributed by atoms with Crippen LogP contribution in [0.3, 0.4) is 0 Å². The smallest absolute Gasteiger partial charge is 0.168 e. The van der Waals surface area contributed by atoms with Gasteiger partial charge in [0.2, 0.25) is 0 Å². The molecule has 0 amide bonds. The van der Waals surface area contributed by atoms with Gasteiger partial charge in [0.15, 0.2) is 5.75 Å². The number of rotatable bonds is 3. The number of nitriles is 1. The minimum Gasteiger partial charge on any atom is -0.497 e. The number of ether oxygens (including phenoxy) is 2. The molecule has 0 fully saturated rings. The number of nitrogen functional groups attached to an aromatic ring is 1. The van der Waals surface area contributed by atoms with Crippen LogP contribution in [0.1, 0.15) is 5.56 Å². The van der Waals surface area contributed by atoms with Gasteiger partial charge in [0, 0.05) is 6.07 Å². The SMILES string of the molecule is COc1cc(C#N)cc(Oc2c(N)cccc2Cl)c1. The fourth-order valence-electron chi connectivity index (χ4n) is 1.56. The Hall–Kier alpha value is -2.38. The zero-order chi connectivity index (χ0) is 13.8. The summed E-state index contributed by atoms with van der Waals surface area (Å²) in [5, 5.41) is 9.35. The van der Waals surface area contributed by atoms with Gasteiger partial charge in [0.1, 0.15) is 11.5 Å². The van der Waals surface area contributed by atoms with E-state index in [0.29, 0.717) is 33.5 Å². The zero-order valence-corrected chi connectivity index (χ0v) is 10.9. The highest BCUT2D eigenvalue weighted by Gasteiger charge is 2.09. The largest absolute Gasteiger partial charge is 0.497 e. The van der Waals surface area contributed by atoms with E-state index in [0.717, 1.165) is 0 Å². The number of hydrogen-bond acceptors (Lipinski definition) is 4. The molecule has 2 aromatic carbocycles. The third kappa shape index (κ3) is 2.90. The van der Waals surface area contributed by atoms with Gasteiger partial charge in [-0.3, -0.25) is 0 Å². The second kappa shape index (κ2) is 5.51. The summed E-state index contributed by atoms with van der Waals surface area (Å²) in [6.45, 7) is 0. The molecule has 0 saturated carbocycles. The molecule has 0 unspecified atom stereocenters. The number of halogens is 1. The fraction of sp³-hybridized carbons (Fsp3) is 0.0714. The van der Waals surface area contributed by atoms with E-state index >= 15 is 0 Å². The molecule has 2 N–H and O–H groups in total. The fourth-order valence-corrected chi connectivity index (χ4v) is 1.78. The lowest BCUT2D eigenvalue weighted by Crippen LogP contribution is -1.94. The topological polar surface area (TPSA) is 68.3 Å². The summed E-state index contributed by atoms with van der Waals surface area (Å²) >= 11 is 6.03. The predicted molar refractivity (Wildman–Crippen MR) is 73.6 cm³/mol. The Balaban J connectivity index is 2.41. The van der Waals surface area contributed by atoms with Crippen LogP contribution >= 0.6 is 11.6 Å². The molecule has 0 bridgehead atoms. The van der Waals surface area contributed by atoms with Crippen molar-refractivity contribution in [1.29, 1.82) is 5.26 Å². The van der Waals surface area contributed by atoms with Crippen molar-refractivity contribution < 1.29 is 9.47 Å². The third-order valence-corrected chi connectivity index (χ3v) is 2.76. The Morgan fingerprint density at radius 2 is 1.95 bits per heavy atom. The monoisotopic (exact) mass is 274 g/mol. The van der Waals surface area contributed by atoms with Crippen LogP contribution in [-0.4, -0.2) is 7.11 Å².